The van der Waals surface area contributed by atoms with Gasteiger partial charge in [0.15, 0.2) is 0 Å². The Morgan fingerprint density at radius 2 is 2.11 bits per heavy atom. The van der Waals surface area contributed by atoms with Crippen LogP contribution < -0.4 is 4.90 Å². The zero-order valence-electron chi connectivity index (χ0n) is 16.4. The summed E-state index contributed by atoms with van der Waals surface area (Å²) in [6, 6.07) is 4.49. The molecule has 3 aromatic heterocycles. The summed E-state index contributed by atoms with van der Waals surface area (Å²) in [7, 11) is 1.99. The SMILES string of the molecule is C[C@@H]1COCCN1c1cc([C@H]2CCCOC2)c2c(n1)c(-c1ccn[nH]1)nn2C. The lowest BCUT2D eigenvalue weighted by Crippen LogP contribution is -2.44. The van der Waals surface area contributed by atoms with Gasteiger partial charge in [-0.2, -0.15) is 10.2 Å². The van der Waals surface area contributed by atoms with Crippen LogP contribution in [-0.2, 0) is 16.5 Å². The molecule has 5 heterocycles. The molecule has 2 fully saturated rings. The zero-order chi connectivity index (χ0) is 19.1. The van der Waals surface area contributed by atoms with Gasteiger partial charge in [0.1, 0.15) is 17.0 Å². The molecule has 2 atom stereocenters. The van der Waals surface area contributed by atoms with E-state index in [1.54, 1.807) is 6.20 Å². The number of hydrogen-bond donors (Lipinski definition) is 1. The van der Waals surface area contributed by atoms with Crippen LogP contribution in [0.1, 0.15) is 31.2 Å². The Labute approximate surface area is 163 Å². The van der Waals surface area contributed by atoms with Crippen LogP contribution in [0.15, 0.2) is 18.3 Å². The summed E-state index contributed by atoms with van der Waals surface area (Å²) in [5.41, 5.74) is 5.01. The first-order valence-electron chi connectivity index (χ1n) is 10.0. The molecule has 0 unspecified atom stereocenters. The smallest absolute Gasteiger partial charge is 0.136 e. The molecule has 1 N–H and O–H groups in total. The number of hydrogen-bond acceptors (Lipinski definition) is 6. The Balaban J connectivity index is 1.71. The molecule has 0 bridgehead atoms. The summed E-state index contributed by atoms with van der Waals surface area (Å²) in [5, 5.41) is 11.9. The summed E-state index contributed by atoms with van der Waals surface area (Å²) in [6.45, 7) is 6.09. The topological polar surface area (TPSA) is 81.1 Å². The maximum absolute atomic E-state index is 5.81. The maximum Gasteiger partial charge on any atom is 0.136 e. The Kier molecular flexibility index (Phi) is 4.52. The van der Waals surface area contributed by atoms with Gasteiger partial charge in [-0.25, -0.2) is 4.98 Å². The van der Waals surface area contributed by atoms with Crippen molar-refractivity contribution >= 4 is 16.9 Å². The number of aromatic nitrogens is 5. The molecule has 0 aliphatic carbocycles. The molecule has 8 heteroatoms. The van der Waals surface area contributed by atoms with Gasteiger partial charge < -0.3 is 14.4 Å². The van der Waals surface area contributed by atoms with Crippen LogP contribution in [-0.4, -0.2) is 64.0 Å². The zero-order valence-corrected chi connectivity index (χ0v) is 16.4. The number of aromatic amines is 1. The highest BCUT2D eigenvalue weighted by Crippen LogP contribution is 2.37. The summed E-state index contributed by atoms with van der Waals surface area (Å²) in [6.07, 6.45) is 3.96. The molecule has 28 heavy (non-hydrogen) atoms. The van der Waals surface area contributed by atoms with Crippen molar-refractivity contribution in [3.63, 3.8) is 0 Å². The molecular formula is C20H26N6O2. The standard InChI is InChI=1S/C20H26N6O2/c1-13-11-28-9-7-26(13)17-10-15(14-4-3-8-27-12-14)20-19(22-17)18(24-25(20)2)16-5-6-21-23-16/h5-6,10,13-14H,3-4,7-9,11-12H2,1-2H3,(H,21,23)/t13-,14+/m1/s1. The van der Waals surface area contributed by atoms with Gasteiger partial charge in [-0.15, -0.1) is 0 Å². The number of fused-ring (bicyclic) bond motifs is 1. The number of aryl methyl sites for hydroxylation is 1. The normalized spacial score (nSPS) is 23.4. The van der Waals surface area contributed by atoms with Crippen molar-refractivity contribution in [2.75, 3.05) is 37.9 Å². The molecule has 5 rings (SSSR count). The number of rotatable bonds is 3. The lowest BCUT2D eigenvalue weighted by Gasteiger charge is -2.35. The van der Waals surface area contributed by atoms with Gasteiger partial charge in [0.2, 0.25) is 0 Å². The molecule has 2 aliphatic rings. The summed E-state index contributed by atoms with van der Waals surface area (Å²) in [5.74, 6) is 1.36. The molecule has 0 amide bonds. The highest BCUT2D eigenvalue weighted by molar-refractivity contribution is 5.92. The second-order valence-corrected chi connectivity index (χ2v) is 7.74. The van der Waals surface area contributed by atoms with Gasteiger partial charge in [0, 0.05) is 32.3 Å². The average molecular weight is 382 g/mol. The second kappa shape index (κ2) is 7.18. The lowest BCUT2D eigenvalue weighted by atomic mass is 9.92. The third-order valence-corrected chi connectivity index (χ3v) is 5.82. The Morgan fingerprint density at radius 3 is 2.86 bits per heavy atom. The Hall–Kier alpha value is -2.45. The first-order chi connectivity index (χ1) is 13.7. The molecule has 0 aromatic carbocycles. The van der Waals surface area contributed by atoms with Crippen molar-refractivity contribution in [1.29, 1.82) is 0 Å². The first-order valence-corrected chi connectivity index (χ1v) is 10.0. The molecule has 3 aromatic rings. The summed E-state index contributed by atoms with van der Waals surface area (Å²) < 4.78 is 13.4. The van der Waals surface area contributed by atoms with Crippen LogP contribution >= 0.6 is 0 Å². The second-order valence-electron chi connectivity index (χ2n) is 7.74. The van der Waals surface area contributed by atoms with Crippen molar-refractivity contribution in [2.45, 2.75) is 31.7 Å². The fourth-order valence-electron chi connectivity index (χ4n) is 4.38. The van der Waals surface area contributed by atoms with Crippen LogP contribution in [0.3, 0.4) is 0 Å². The molecule has 2 aliphatic heterocycles. The molecule has 148 valence electrons. The van der Waals surface area contributed by atoms with Crippen molar-refractivity contribution in [1.82, 2.24) is 25.0 Å². The van der Waals surface area contributed by atoms with Crippen molar-refractivity contribution in [3.05, 3.63) is 23.9 Å². The average Bonchev–Trinajstić information content (AvgIpc) is 3.37. The summed E-state index contributed by atoms with van der Waals surface area (Å²) >= 11 is 0. The molecule has 2 saturated heterocycles. The minimum Gasteiger partial charge on any atom is -0.381 e. The Morgan fingerprint density at radius 1 is 1.21 bits per heavy atom. The van der Waals surface area contributed by atoms with Crippen LogP contribution in [0.25, 0.3) is 22.4 Å². The van der Waals surface area contributed by atoms with E-state index in [4.69, 9.17) is 19.6 Å². The fraction of sp³-hybridized carbons (Fsp3) is 0.550. The number of anilines is 1. The molecule has 8 nitrogen and oxygen atoms in total. The van der Waals surface area contributed by atoms with E-state index in [-0.39, 0.29) is 0 Å². The van der Waals surface area contributed by atoms with Crippen molar-refractivity contribution in [2.24, 2.45) is 7.05 Å². The molecule has 0 spiro atoms. The van der Waals surface area contributed by atoms with E-state index in [1.165, 1.54) is 5.56 Å². The van der Waals surface area contributed by atoms with E-state index in [0.717, 1.165) is 74.1 Å². The number of H-pyrrole nitrogens is 1. The highest BCUT2D eigenvalue weighted by atomic mass is 16.5. The first kappa shape index (κ1) is 17.6. The van der Waals surface area contributed by atoms with E-state index < -0.39 is 0 Å². The maximum atomic E-state index is 5.81. The quantitative estimate of drug-likeness (QED) is 0.750. The molecular weight excluding hydrogens is 356 g/mol. The fourth-order valence-corrected chi connectivity index (χ4v) is 4.38. The van der Waals surface area contributed by atoms with Crippen LogP contribution in [0, 0.1) is 0 Å². The van der Waals surface area contributed by atoms with E-state index in [1.807, 2.05) is 17.8 Å². The number of nitrogens with one attached hydrogen (secondary N) is 1. The number of ether oxygens (including phenoxy) is 2. The van der Waals surface area contributed by atoms with Gasteiger partial charge in [-0.05, 0) is 37.5 Å². The van der Waals surface area contributed by atoms with Gasteiger partial charge in [0.05, 0.1) is 37.1 Å². The lowest BCUT2D eigenvalue weighted by molar-refractivity contribution is 0.0806. The Bertz CT molecular complexity index is 961. The van der Waals surface area contributed by atoms with E-state index in [0.29, 0.717) is 12.0 Å². The van der Waals surface area contributed by atoms with Gasteiger partial charge >= 0.3 is 0 Å². The minimum atomic E-state index is 0.293. The highest BCUT2D eigenvalue weighted by Gasteiger charge is 2.27. The van der Waals surface area contributed by atoms with E-state index >= 15 is 0 Å². The predicted octanol–water partition coefficient (Wildman–Crippen LogP) is 2.48. The van der Waals surface area contributed by atoms with Crippen LogP contribution in [0.4, 0.5) is 5.82 Å². The van der Waals surface area contributed by atoms with Crippen molar-refractivity contribution in [3.8, 4) is 11.4 Å². The molecule has 0 saturated carbocycles. The summed E-state index contributed by atoms with van der Waals surface area (Å²) in [4.78, 5) is 7.43. The van der Waals surface area contributed by atoms with E-state index in [9.17, 15) is 0 Å². The minimum absolute atomic E-state index is 0.293. The number of morpholine rings is 1. The van der Waals surface area contributed by atoms with Gasteiger partial charge in [0.25, 0.3) is 0 Å². The van der Waals surface area contributed by atoms with Gasteiger partial charge in [-0.1, -0.05) is 0 Å². The van der Waals surface area contributed by atoms with Crippen LogP contribution in [0.5, 0.6) is 0 Å². The predicted molar refractivity (Wildman–Crippen MR) is 107 cm³/mol. The third-order valence-electron chi connectivity index (χ3n) is 5.82. The number of pyridine rings is 1. The van der Waals surface area contributed by atoms with Gasteiger partial charge in [-0.3, -0.25) is 9.78 Å². The molecule has 0 radical (unpaired) electrons. The largest absolute Gasteiger partial charge is 0.381 e. The van der Waals surface area contributed by atoms with E-state index in [2.05, 4.69) is 28.1 Å². The monoisotopic (exact) mass is 382 g/mol. The van der Waals surface area contributed by atoms with Crippen molar-refractivity contribution < 1.29 is 9.47 Å². The number of nitrogens with zero attached hydrogens (tertiary/aromatic N) is 5. The third kappa shape index (κ3) is 2.97. The van der Waals surface area contributed by atoms with Crippen LogP contribution in [0.2, 0.25) is 0 Å².